The van der Waals surface area contributed by atoms with Gasteiger partial charge in [-0.05, 0) is 26.3 Å². The molecule has 0 amide bonds. The van der Waals surface area contributed by atoms with Gasteiger partial charge in [-0.15, -0.1) is 0 Å². The molecule has 7 heteroatoms. The lowest BCUT2D eigenvalue weighted by Crippen LogP contribution is -2.21. The van der Waals surface area contributed by atoms with Crippen LogP contribution in [-0.4, -0.2) is 41.0 Å². The average Bonchev–Trinajstić information content (AvgIpc) is 2.87. The number of allylic oxidation sites excluding steroid dienone is 1. The van der Waals surface area contributed by atoms with Crippen LogP contribution in [0.1, 0.15) is 43.0 Å². The summed E-state index contributed by atoms with van der Waals surface area (Å²) < 4.78 is 11.5. The molecule has 0 saturated carbocycles. The van der Waals surface area contributed by atoms with E-state index in [9.17, 15) is 14.4 Å². The Labute approximate surface area is 135 Å². The zero-order chi connectivity index (χ0) is 17.2. The van der Waals surface area contributed by atoms with E-state index in [0.717, 1.165) is 0 Å². The van der Waals surface area contributed by atoms with Crippen molar-refractivity contribution in [3.63, 3.8) is 0 Å². The monoisotopic (exact) mass is 322 g/mol. The van der Waals surface area contributed by atoms with Crippen molar-refractivity contribution in [2.45, 2.75) is 26.7 Å². The SMILES string of the molecule is CCOC(=O)C[C@H](C/C=C/c1ncc(C=O)n1C)C(=O)OCC. The van der Waals surface area contributed by atoms with Crippen molar-refractivity contribution in [1.82, 2.24) is 9.55 Å². The molecule has 0 saturated heterocycles. The number of rotatable bonds is 9. The predicted molar refractivity (Wildman–Crippen MR) is 83.6 cm³/mol. The number of hydrogen-bond acceptors (Lipinski definition) is 6. The molecule has 0 radical (unpaired) electrons. The summed E-state index contributed by atoms with van der Waals surface area (Å²) in [6.45, 7) is 3.95. The quantitative estimate of drug-likeness (QED) is 0.508. The van der Waals surface area contributed by atoms with Gasteiger partial charge in [0.15, 0.2) is 6.29 Å². The summed E-state index contributed by atoms with van der Waals surface area (Å²) in [5.74, 6) is -0.875. The van der Waals surface area contributed by atoms with Crippen LogP contribution in [0.4, 0.5) is 0 Å². The molecular formula is C16H22N2O5. The van der Waals surface area contributed by atoms with Crippen LogP contribution in [0, 0.1) is 5.92 Å². The lowest BCUT2D eigenvalue weighted by molar-refractivity contribution is -0.154. The Morgan fingerprint density at radius 2 is 2.00 bits per heavy atom. The largest absolute Gasteiger partial charge is 0.466 e. The van der Waals surface area contributed by atoms with Gasteiger partial charge >= 0.3 is 11.9 Å². The number of aldehydes is 1. The van der Waals surface area contributed by atoms with Crippen molar-refractivity contribution in [1.29, 1.82) is 0 Å². The van der Waals surface area contributed by atoms with E-state index in [1.54, 1.807) is 37.6 Å². The molecule has 0 aromatic carbocycles. The molecule has 126 valence electrons. The Morgan fingerprint density at radius 1 is 1.30 bits per heavy atom. The van der Waals surface area contributed by atoms with E-state index >= 15 is 0 Å². The van der Waals surface area contributed by atoms with Gasteiger partial charge in [0.2, 0.25) is 0 Å². The first-order valence-electron chi connectivity index (χ1n) is 7.49. The van der Waals surface area contributed by atoms with Crippen LogP contribution in [0.2, 0.25) is 0 Å². The normalized spacial score (nSPS) is 12.1. The maximum absolute atomic E-state index is 11.9. The third-order valence-corrected chi connectivity index (χ3v) is 3.21. The van der Waals surface area contributed by atoms with E-state index in [-0.39, 0.29) is 19.6 Å². The van der Waals surface area contributed by atoms with E-state index in [2.05, 4.69) is 4.98 Å². The maximum atomic E-state index is 11.9. The van der Waals surface area contributed by atoms with E-state index in [0.29, 0.717) is 24.2 Å². The third kappa shape index (κ3) is 5.69. The van der Waals surface area contributed by atoms with Crippen molar-refractivity contribution in [2.24, 2.45) is 13.0 Å². The summed E-state index contributed by atoms with van der Waals surface area (Å²) in [6, 6.07) is 0. The lowest BCUT2D eigenvalue weighted by Gasteiger charge is -2.12. The highest BCUT2D eigenvalue weighted by atomic mass is 16.5. The number of aromatic nitrogens is 2. The van der Waals surface area contributed by atoms with Crippen molar-refractivity contribution < 1.29 is 23.9 Å². The molecule has 1 heterocycles. The van der Waals surface area contributed by atoms with Gasteiger partial charge in [-0.25, -0.2) is 4.98 Å². The summed E-state index contributed by atoms with van der Waals surface area (Å²) in [5, 5.41) is 0. The van der Waals surface area contributed by atoms with Crippen LogP contribution in [0.5, 0.6) is 0 Å². The highest BCUT2D eigenvalue weighted by Crippen LogP contribution is 2.14. The van der Waals surface area contributed by atoms with Crippen LogP contribution in [-0.2, 0) is 26.1 Å². The van der Waals surface area contributed by atoms with E-state index < -0.39 is 17.9 Å². The number of nitrogens with zero attached hydrogens (tertiary/aromatic N) is 2. The topological polar surface area (TPSA) is 87.5 Å². The second-order valence-corrected chi connectivity index (χ2v) is 4.81. The molecule has 0 unspecified atom stereocenters. The van der Waals surface area contributed by atoms with Gasteiger partial charge in [0.05, 0.1) is 31.7 Å². The Hall–Kier alpha value is -2.44. The first-order valence-corrected chi connectivity index (χ1v) is 7.49. The van der Waals surface area contributed by atoms with Gasteiger partial charge in [-0.1, -0.05) is 6.08 Å². The first-order chi connectivity index (χ1) is 11.0. The number of ether oxygens (including phenoxy) is 2. The van der Waals surface area contributed by atoms with Crippen LogP contribution in [0.15, 0.2) is 12.3 Å². The zero-order valence-electron chi connectivity index (χ0n) is 13.7. The molecule has 0 spiro atoms. The van der Waals surface area contributed by atoms with Gasteiger partial charge in [0, 0.05) is 7.05 Å². The molecule has 0 bridgehead atoms. The molecule has 1 atom stereocenters. The molecule has 1 rings (SSSR count). The van der Waals surface area contributed by atoms with Crippen LogP contribution in [0.25, 0.3) is 6.08 Å². The Bertz CT molecular complexity index is 577. The number of carbonyl (C=O) groups is 3. The minimum Gasteiger partial charge on any atom is -0.466 e. The highest BCUT2D eigenvalue weighted by molar-refractivity contribution is 5.80. The van der Waals surface area contributed by atoms with Crippen LogP contribution < -0.4 is 0 Å². The molecule has 0 aliphatic rings. The second-order valence-electron chi connectivity index (χ2n) is 4.81. The van der Waals surface area contributed by atoms with Gasteiger partial charge in [0.1, 0.15) is 11.5 Å². The zero-order valence-corrected chi connectivity index (χ0v) is 13.7. The Balaban J connectivity index is 2.73. The number of hydrogen-bond donors (Lipinski definition) is 0. The second kappa shape index (κ2) is 9.55. The number of esters is 2. The van der Waals surface area contributed by atoms with Crippen molar-refractivity contribution in [2.75, 3.05) is 13.2 Å². The van der Waals surface area contributed by atoms with E-state index in [4.69, 9.17) is 9.47 Å². The Morgan fingerprint density at radius 3 is 2.57 bits per heavy atom. The smallest absolute Gasteiger partial charge is 0.309 e. The van der Waals surface area contributed by atoms with Crippen LogP contribution >= 0.6 is 0 Å². The average molecular weight is 322 g/mol. The molecule has 7 nitrogen and oxygen atoms in total. The predicted octanol–water partition coefficient (Wildman–Crippen LogP) is 1.77. The summed E-state index contributed by atoms with van der Waals surface area (Å²) in [5.41, 5.74) is 0.457. The van der Waals surface area contributed by atoms with Crippen molar-refractivity contribution in [3.05, 3.63) is 23.8 Å². The van der Waals surface area contributed by atoms with E-state index in [1.807, 2.05) is 0 Å². The molecule has 0 aliphatic carbocycles. The molecule has 1 aromatic rings. The fourth-order valence-corrected chi connectivity index (χ4v) is 1.98. The fraction of sp³-hybridized carbons (Fsp3) is 0.500. The van der Waals surface area contributed by atoms with Crippen molar-refractivity contribution in [3.8, 4) is 0 Å². The fourth-order valence-electron chi connectivity index (χ4n) is 1.98. The maximum Gasteiger partial charge on any atom is 0.309 e. The summed E-state index contributed by atoms with van der Waals surface area (Å²) in [7, 11) is 1.72. The van der Waals surface area contributed by atoms with Gasteiger partial charge in [0.25, 0.3) is 0 Å². The molecule has 23 heavy (non-hydrogen) atoms. The summed E-state index contributed by atoms with van der Waals surface area (Å²) in [6.07, 6.45) is 5.90. The molecule has 1 aromatic heterocycles. The summed E-state index contributed by atoms with van der Waals surface area (Å²) in [4.78, 5) is 38.4. The minimum atomic E-state index is -0.601. The van der Waals surface area contributed by atoms with Gasteiger partial charge in [-0.3, -0.25) is 14.4 Å². The summed E-state index contributed by atoms with van der Waals surface area (Å²) >= 11 is 0. The molecule has 0 aliphatic heterocycles. The standard InChI is InChI=1S/C16H22N2O5/c1-4-22-15(20)9-12(16(21)23-5-2)7-6-8-14-17-10-13(11-19)18(14)3/h6,8,10-12H,4-5,7,9H2,1-3H3/b8-6+/t12-/m0/s1. The minimum absolute atomic E-state index is 0.0306. The van der Waals surface area contributed by atoms with Crippen molar-refractivity contribution >= 4 is 24.3 Å². The van der Waals surface area contributed by atoms with Crippen LogP contribution in [0.3, 0.4) is 0 Å². The van der Waals surface area contributed by atoms with E-state index in [1.165, 1.54) is 6.20 Å². The number of carbonyl (C=O) groups excluding carboxylic acids is 3. The first kappa shape index (κ1) is 18.6. The lowest BCUT2D eigenvalue weighted by atomic mass is 10.0. The van der Waals surface area contributed by atoms with Gasteiger partial charge < -0.3 is 14.0 Å². The number of imidazole rings is 1. The van der Waals surface area contributed by atoms with Gasteiger partial charge in [-0.2, -0.15) is 0 Å². The highest BCUT2D eigenvalue weighted by Gasteiger charge is 2.22. The molecule has 0 N–H and O–H groups in total. The Kier molecular flexibility index (Phi) is 7.73. The molecule has 0 fully saturated rings. The third-order valence-electron chi connectivity index (χ3n) is 3.21. The molecular weight excluding hydrogens is 300 g/mol.